The van der Waals surface area contributed by atoms with E-state index in [4.69, 9.17) is 17.3 Å². The first kappa shape index (κ1) is 10.0. The lowest BCUT2D eigenvalue weighted by atomic mass is 10.2. The minimum absolute atomic E-state index is 0.370. The highest BCUT2D eigenvalue weighted by atomic mass is 79.9. The number of halogens is 3. The summed E-state index contributed by atoms with van der Waals surface area (Å²) in [6, 6.07) is 3.19. The molecule has 5 heteroatoms. The average Bonchev–Trinajstić information content (AvgIpc) is 1.96. The molecule has 2 nitrogen and oxygen atoms in total. The first-order valence-electron chi connectivity index (χ1n) is 2.96. The maximum Gasteiger partial charge on any atom is 0.249 e. The Hall–Kier alpha value is -0.0600. The number of carbonyl (C=O) groups excluding carboxylic acids is 1. The van der Waals surface area contributed by atoms with Gasteiger partial charge < -0.3 is 5.73 Å². The highest BCUT2D eigenvalue weighted by Gasteiger charge is 2.10. The molecule has 1 aromatic rings. The predicted octanol–water partition coefficient (Wildman–Crippen LogP) is 2.96. The van der Waals surface area contributed by atoms with Gasteiger partial charge in [0.25, 0.3) is 0 Å². The second-order valence-electron chi connectivity index (χ2n) is 2.11. The molecule has 2 N–H and O–H groups in total. The van der Waals surface area contributed by atoms with Crippen LogP contribution in [0.25, 0.3) is 0 Å². The van der Waals surface area contributed by atoms with Crippen molar-refractivity contribution in [2.75, 3.05) is 0 Å². The smallest absolute Gasteiger partial charge is 0.249 e. The molecule has 0 unspecified atom stereocenters. The van der Waals surface area contributed by atoms with Gasteiger partial charge in [0.2, 0.25) is 5.91 Å². The second-order valence-corrected chi connectivity index (χ2v) is 4.20. The van der Waals surface area contributed by atoms with Gasteiger partial charge in [-0.25, -0.2) is 0 Å². The summed E-state index contributed by atoms with van der Waals surface area (Å²) < 4.78 is 1.34. The predicted molar refractivity (Wildman–Crippen MR) is 55.4 cm³/mol. The van der Waals surface area contributed by atoms with Gasteiger partial charge in [0, 0.05) is 14.0 Å². The summed E-state index contributed by atoms with van der Waals surface area (Å²) >= 11 is 12.1. The summed E-state index contributed by atoms with van der Waals surface area (Å²) in [5, 5.41) is 0.471. The molecule has 0 saturated heterocycles. The Morgan fingerprint density at radius 3 is 2.50 bits per heavy atom. The van der Waals surface area contributed by atoms with Crippen molar-refractivity contribution in [3.63, 3.8) is 0 Å². The molecule has 0 radical (unpaired) electrons. The zero-order valence-electron chi connectivity index (χ0n) is 5.77. The maximum atomic E-state index is 10.8. The lowest BCUT2D eigenvalue weighted by Crippen LogP contribution is -2.11. The third kappa shape index (κ3) is 2.00. The molecule has 12 heavy (non-hydrogen) atoms. The van der Waals surface area contributed by atoms with Gasteiger partial charge in [0.15, 0.2) is 0 Å². The Morgan fingerprint density at radius 2 is 2.00 bits per heavy atom. The first-order chi connectivity index (χ1) is 5.52. The van der Waals surface area contributed by atoms with Crippen LogP contribution < -0.4 is 5.73 Å². The van der Waals surface area contributed by atoms with Crippen molar-refractivity contribution in [1.82, 2.24) is 0 Å². The van der Waals surface area contributed by atoms with Gasteiger partial charge in [-0.15, -0.1) is 0 Å². The highest BCUT2D eigenvalue weighted by Crippen LogP contribution is 2.29. The summed E-state index contributed by atoms with van der Waals surface area (Å²) in [6.07, 6.45) is 0. The maximum absolute atomic E-state index is 10.8. The van der Waals surface area contributed by atoms with Gasteiger partial charge in [-0.1, -0.05) is 11.6 Å². The van der Waals surface area contributed by atoms with Crippen LogP contribution in [0.15, 0.2) is 21.1 Å². The molecule has 0 saturated carbocycles. The Labute approximate surface area is 91.3 Å². The van der Waals surface area contributed by atoms with Crippen LogP contribution in [0.4, 0.5) is 0 Å². The van der Waals surface area contributed by atoms with E-state index in [9.17, 15) is 4.79 Å². The summed E-state index contributed by atoms with van der Waals surface area (Å²) in [5.41, 5.74) is 5.47. The molecular formula is C7H4Br2ClNO. The van der Waals surface area contributed by atoms with Gasteiger partial charge in [-0.05, 0) is 44.0 Å². The minimum Gasteiger partial charge on any atom is -0.366 e. The lowest BCUT2D eigenvalue weighted by Gasteiger charge is -2.02. The van der Waals surface area contributed by atoms with E-state index in [1.807, 2.05) is 0 Å². The molecule has 1 amide bonds. The molecule has 0 aliphatic rings. The van der Waals surface area contributed by atoms with Crippen molar-refractivity contribution >= 4 is 49.4 Å². The standard InChI is InChI=1S/C7H4Br2ClNO/c8-5-2-3(10)1-4(6(5)9)7(11)12/h1-2H,(H2,11,12). The average molecular weight is 313 g/mol. The molecule has 1 rings (SSSR count). The molecule has 0 aliphatic heterocycles. The molecule has 0 aliphatic carbocycles. The molecule has 0 spiro atoms. The van der Waals surface area contributed by atoms with Crippen LogP contribution in [0.1, 0.15) is 10.4 Å². The fourth-order valence-electron chi connectivity index (χ4n) is 0.735. The van der Waals surface area contributed by atoms with Crippen LogP contribution in [-0.4, -0.2) is 5.91 Å². The van der Waals surface area contributed by atoms with Crippen molar-refractivity contribution in [3.8, 4) is 0 Å². The van der Waals surface area contributed by atoms with E-state index in [1.54, 1.807) is 6.07 Å². The summed E-state index contributed by atoms with van der Waals surface area (Å²) in [4.78, 5) is 10.8. The van der Waals surface area contributed by atoms with Crippen LogP contribution in [0.2, 0.25) is 5.02 Å². The van der Waals surface area contributed by atoms with E-state index in [0.29, 0.717) is 19.5 Å². The van der Waals surface area contributed by atoms with Crippen molar-refractivity contribution in [2.24, 2.45) is 5.73 Å². The Bertz CT molecular complexity index is 340. The van der Waals surface area contributed by atoms with Crippen molar-refractivity contribution in [1.29, 1.82) is 0 Å². The third-order valence-corrected chi connectivity index (χ3v) is 3.49. The molecular weight excluding hydrogens is 309 g/mol. The number of amides is 1. The second kappa shape index (κ2) is 3.77. The Morgan fingerprint density at radius 1 is 1.42 bits per heavy atom. The molecule has 64 valence electrons. The number of carbonyl (C=O) groups is 1. The summed E-state index contributed by atoms with van der Waals surface area (Å²) in [6.45, 7) is 0. The highest BCUT2D eigenvalue weighted by molar-refractivity contribution is 9.13. The van der Waals surface area contributed by atoms with E-state index >= 15 is 0 Å². The number of hydrogen-bond acceptors (Lipinski definition) is 1. The summed E-state index contributed by atoms with van der Waals surface area (Å²) in [5.74, 6) is -0.509. The number of primary amides is 1. The van der Waals surface area contributed by atoms with Crippen LogP contribution in [0.5, 0.6) is 0 Å². The van der Waals surface area contributed by atoms with Crippen LogP contribution >= 0.6 is 43.5 Å². The Balaban J connectivity index is 3.37. The zero-order valence-corrected chi connectivity index (χ0v) is 9.70. The van der Waals surface area contributed by atoms with Crippen LogP contribution in [0.3, 0.4) is 0 Å². The van der Waals surface area contributed by atoms with Crippen LogP contribution in [0, 0.1) is 0 Å². The van der Waals surface area contributed by atoms with Crippen molar-refractivity contribution in [2.45, 2.75) is 0 Å². The van der Waals surface area contributed by atoms with Gasteiger partial charge in [-0.3, -0.25) is 4.79 Å². The largest absolute Gasteiger partial charge is 0.366 e. The minimum atomic E-state index is -0.509. The van der Waals surface area contributed by atoms with E-state index in [1.165, 1.54) is 6.07 Å². The van der Waals surface area contributed by atoms with Crippen molar-refractivity contribution < 1.29 is 4.79 Å². The normalized spacial score (nSPS) is 9.92. The van der Waals surface area contributed by atoms with Gasteiger partial charge in [-0.2, -0.15) is 0 Å². The monoisotopic (exact) mass is 311 g/mol. The third-order valence-electron chi connectivity index (χ3n) is 1.26. The number of hydrogen-bond donors (Lipinski definition) is 1. The Kier molecular flexibility index (Phi) is 3.15. The van der Waals surface area contributed by atoms with Gasteiger partial charge in [0.05, 0.1) is 5.56 Å². The fourth-order valence-corrected chi connectivity index (χ4v) is 1.97. The van der Waals surface area contributed by atoms with E-state index in [2.05, 4.69) is 31.9 Å². The fraction of sp³-hybridized carbons (Fsp3) is 0. The SMILES string of the molecule is NC(=O)c1cc(Cl)cc(Br)c1Br. The zero-order chi connectivity index (χ0) is 9.30. The van der Waals surface area contributed by atoms with Gasteiger partial charge in [0.1, 0.15) is 0 Å². The summed E-state index contributed by atoms with van der Waals surface area (Å²) in [7, 11) is 0. The molecule has 0 heterocycles. The number of rotatable bonds is 1. The number of nitrogens with two attached hydrogens (primary N) is 1. The lowest BCUT2D eigenvalue weighted by molar-refractivity contribution is 0.0999. The van der Waals surface area contributed by atoms with Gasteiger partial charge >= 0.3 is 0 Å². The topological polar surface area (TPSA) is 43.1 Å². The molecule has 1 aromatic carbocycles. The molecule has 0 atom stereocenters. The van der Waals surface area contributed by atoms with E-state index in [0.717, 1.165) is 0 Å². The van der Waals surface area contributed by atoms with E-state index < -0.39 is 5.91 Å². The molecule has 0 bridgehead atoms. The number of benzene rings is 1. The van der Waals surface area contributed by atoms with Crippen LogP contribution in [-0.2, 0) is 0 Å². The molecule has 0 aromatic heterocycles. The molecule has 0 fully saturated rings. The first-order valence-corrected chi connectivity index (χ1v) is 4.93. The van der Waals surface area contributed by atoms with Crippen molar-refractivity contribution in [3.05, 3.63) is 31.7 Å². The van der Waals surface area contributed by atoms with E-state index in [-0.39, 0.29) is 0 Å². The quantitative estimate of drug-likeness (QED) is 0.796.